The molecule has 0 spiro atoms. The first-order valence-electron chi connectivity index (χ1n) is 7.42. The van der Waals surface area contributed by atoms with Crippen molar-refractivity contribution in [3.8, 4) is 0 Å². The predicted octanol–water partition coefficient (Wildman–Crippen LogP) is 1.28. The van der Waals surface area contributed by atoms with Crippen LogP contribution in [-0.2, 0) is 11.3 Å². The number of hydrogen-bond donors (Lipinski definition) is 2. The minimum atomic E-state index is -5.15. The lowest BCUT2D eigenvalue weighted by Gasteiger charge is -2.32. The quantitative estimate of drug-likeness (QED) is 0.773. The molecule has 2 atom stereocenters. The molecular weight excluding hydrogens is 363 g/mol. The fourth-order valence-corrected chi connectivity index (χ4v) is 3.27. The van der Waals surface area contributed by atoms with Crippen molar-refractivity contribution in [1.82, 2.24) is 14.8 Å². The second-order valence-electron chi connectivity index (χ2n) is 6.12. The van der Waals surface area contributed by atoms with Crippen molar-refractivity contribution in [2.45, 2.75) is 31.5 Å². The summed E-state index contributed by atoms with van der Waals surface area (Å²) in [4.78, 5) is 18.5. The summed E-state index contributed by atoms with van der Waals surface area (Å²) < 4.78 is 38.8. The van der Waals surface area contributed by atoms with Crippen LogP contribution in [0.15, 0.2) is 29.7 Å². The topological polar surface area (TPSA) is 76.9 Å². The third-order valence-corrected chi connectivity index (χ3v) is 4.62. The molecule has 0 amide bonds. The molecule has 2 unspecified atom stereocenters. The van der Waals surface area contributed by atoms with E-state index in [1.807, 2.05) is 0 Å². The highest BCUT2D eigenvalue weighted by atomic mass is 35.5. The number of ketones is 1. The second kappa shape index (κ2) is 5.86. The number of carbonyl (C=O) groups excluding carboxylic acids is 1. The number of halogens is 4. The van der Waals surface area contributed by atoms with Crippen LogP contribution >= 0.6 is 11.6 Å². The molecule has 0 aliphatic carbocycles. The Morgan fingerprint density at radius 1 is 1.44 bits per heavy atom. The summed E-state index contributed by atoms with van der Waals surface area (Å²) in [5.74, 6) is -2.26. The first-order chi connectivity index (χ1) is 11.5. The van der Waals surface area contributed by atoms with Crippen LogP contribution in [0, 0.1) is 0 Å². The normalized spacial score (nSPS) is 26.4. The molecule has 1 aromatic heterocycles. The van der Waals surface area contributed by atoms with Gasteiger partial charge in [0.15, 0.2) is 5.72 Å². The Morgan fingerprint density at radius 3 is 2.68 bits per heavy atom. The molecule has 6 nitrogen and oxygen atoms in total. The number of carbonyl (C=O) groups is 1. The molecule has 25 heavy (non-hydrogen) atoms. The zero-order chi connectivity index (χ0) is 18.6. The first-order valence-corrected chi connectivity index (χ1v) is 7.80. The lowest BCUT2D eigenvalue weighted by atomic mass is 10.00. The number of aromatic nitrogens is 1. The molecule has 3 heterocycles. The van der Waals surface area contributed by atoms with Crippen LogP contribution in [0.4, 0.5) is 13.2 Å². The summed E-state index contributed by atoms with van der Waals surface area (Å²) in [5.41, 5.74) is -2.16. The number of aliphatic hydroxyl groups is 2. The number of fused-ring (bicyclic) bond motifs is 1. The Morgan fingerprint density at radius 2 is 2.12 bits per heavy atom. The average Bonchev–Trinajstić information content (AvgIpc) is 3.00. The molecular formula is C15H15ClF3N3O3. The van der Waals surface area contributed by atoms with Crippen molar-refractivity contribution in [2.24, 2.45) is 0 Å². The van der Waals surface area contributed by atoms with E-state index in [1.165, 1.54) is 22.9 Å². The number of Topliss-reactive ketones (excluding diaryl/α,β-unsaturated/α-hetero) is 1. The summed E-state index contributed by atoms with van der Waals surface area (Å²) in [6, 6.07) is 3.20. The van der Waals surface area contributed by atoms with Crippen LogP contribution in [0.2, 0.25) is 5.15 Å². The van der Waals surface area contributed by atoms with Crippen LogP contribution in [0.1, 0.15) is 12.5 Å². The molecule has 2 N–H and O–H groups in total. The Balaban J connectivity index is 2.00. The summed E-state index contributed by atoms with van der Waals surface area (Å²) in [7, 11) is 0. The largest absolute Gasteiger partial charge is 0.454 e. The predicted molar refractivity (Wildman–Crippen MR) is 81.1 cm³/mol. The van der Waals surface area contributed by atoms with Gasteiger partial charge in [0.1, 0.15) is 17.1 Å². The maximum Gasteiger partial charge on any atom is 0.454 e. The number of nitrogens with zero attached hydrogens (tertiary/aromatic N) is 3. The van der Waals surface area contributed by atoms with E-state index >= 15 is 0 Å². The fourth-order valence-electron chi connectivity index (χ4n) is 3.16. The zero-order valence-electron chi connectivity index (χ0n) is 13.1. The van der Waals surface area contributed by atoms with Crippen molar-refractivity contribution in [3.05, 3.63) is 40.4 Å². The summed E-state index contributed by atoms with van der Waals surface area (Å²) in [6.45, 7) is 1.81. The van der Waals surface area contributed by atoms with Gasteiger partial charge in [0.25, 0.3) is 5.78 Å². The number of hydrogen-bond acceptors (Lipinski definition) is 6. The van der Waals surface area contributed by atoms with Crippen molar-refractivity contribution in [3.63, 3.8) is 0 Å². The van der Waals surface area contributed by atoms with E-state index < -0.39 is 29.4 Å². The monoisotopic (exact) mass is 377 g/mol. The van der Waals surface area contributed by atoms with Gasteiger partial charge in [-0.3, -0.25) is 4.79 Å². The molecule has 10 heteroatoms. The van der Waals surface area contributed by atoms with E-state index in [0.717, 1.165) is 0 Å². The van der Waals surface area contributed by atoms with Crippen LogP contribution in [0.25, 0.3) is 0 Å². The van der Waals surface area contributed by atoms with E-state index in [0.29, 0.717) is 5.56 Å². The third kappa shape index (κ3) is 2.96. The van der Waals surface area contributed by atoms with Crippen molar-refractivity contribution in [1.29, 1.82) is 0 Å². The lowest BCUT2D eigenvalue weighted by molar-refractivity contribution is -0.169. The van der Waals surface area contributed by atoms with Crippen molar-refractivity contribution in [2.75, 3.05) is 13.1 Å². The van der Waals surface area contributed by atoms with Crippen molar-refractivity contribution < 1.29 is 28.2 Å². The molecule has 0 bridgehead atoms. The zero-order valence-corrected chi connectivity index (χ0v) is 13.8. The maximum atomic E-state index is 12.9. The molecule has 0 saturated carbocycles. The first kappa shape index (κ1) is 18.0. The van der Waals surface area contributed by atoms with Crippen LogP contribution in [-0.4, -0.2) is 61.9 Å². The van der Waals surface area contributed by atoms with Gasteiger partial charge in [-0.15, -0.1) is 0 Å². The molecule has 1 fully saturated rings. The Labute approximate surface area is 146 Å². The Bertz CT molecular complexity index is 734. The second-order valence-corrected chi connectivity index (χ2v) is 6.51. The molecule has 2 aliphatic heterocycles. The van der Waals surface area contributed by atoms with Crippen LogP contribution < -0.4 is 0 Å². The van der Waals surface area contributed by atoms with Gasteiger partial charge >= 0.3 is 6.18 Å². The van der Waals surface area contributed by atoms with Crippen LogP contribution in [0.5, 0.6) is 0 Å². The minimum absolute atomic E-state index is 0.102. The van der Waals surface area contributed by atoms with Gasteiger partial charge in [0.05, 0.1) is 5.57 Å². The SMILES string of the molecule is CC1(O)C(O)C(C(=O)C(F)(F)F)=C2N(Cc3ccc(Cl)nc3)CCN21. The van der Waals surface area contributed by atoms with E-state index in [2.05, 4.69) is 4.98 Å². The van der Waals surface area contributed by atoms with Gasteiger partial charge in [-0.05, 0) is 18.6 Å². The Hall–Kier alpha value is -1.84. The standard InChI is InChI=1S/C15H15ClF3N3O3/c1-14(25)11(23)10(12(24)15(17,18)19)13-21(4-5-22(13)14)7-8-2-3-9(16)20-6-8/h2-3,6,11,23,25H,4-5,7H2,1H3. The minimum Gasteiger partial charge on any atom is -0.383 e. The van der Waals surface area contributed by atoms with E-state index in [9.17, 15) is 28.2 Å². The molecule has 1 aromatic rings. The maximum absolute atomic E-state index is 12.9. The van der Waals surface area contributed by atoms with Gasteiger partial charge in [-0.2, -0.15) is 13.2 Å². The summed E-state index contributed by atoms with van der Waals surface area (Å²) >= 11 is 5.71. The average molecular weight is 378 g/mol. The Kier molecular flexibility index (Phi) is 4.21. The van der Waals surface area contributed by atoms with E-state index in [4.69, 9.17) is 11.6 Å². The van der Waals surface area contributed by atoms with Gasteiger partial charge in [0.2, 0.25) is 0 Å². The highest BCUT2D eigenvalue weighted by Crippen LogP contribution is 2.43. The highest BCUT2D eigenvalue weighted by Gasteiger charge is 2.58. The lowest BCUT2D eigenvalue weighted by Crippen LogP contribution is -2.49. The number of aliphatic hydroxyl groups excluding tert-OH is 1. The fraction of sp³-hybridized carbons (Fsp3) is 0.467. The summed E-state index contributed by atoms with van der Waals surface area (Å²) in [5, 5.41) is 20.8. The van der Waals surface area contributed by atoms with Gasteiger partial charge in [0, 0.05) is 25.8 Å². The van der Waals surface area contributed by atoms with Crippen molar-refractivity contribution >= 4 is 17.4 Å². The number of rotatable bonds is 3. The van der Waals surface area contributed by atoms with Gasteiger partial charge in [-0.25, -0.2) is 4.98 Å². The van der Waals surface area contributed by atoms with Gasteiger partial charge in [-0.1, -0.05) is 17.7 Å². The molecule has 3 rings (SSSR count). The smallest absolute Gasteiger partial charge is 0.383 e. The van der Waals surface area contributed by atoms with Gasteiger partial charge < -0.3 is 20.0 Å². The molecule has 136 valence electrons. The molecule has 0 radical (unpaired) electrons. The van der Waals surface area contributed by atoms with E-state index in [-0.39, 0.29) is 30.6 Å². The highest BCUT2D eigenvalue weighted by molar-refractivity contribution is 6.29. The van der Waals surface area contributed by atoms with E-state index in [1.54, 1.807) is 12.1 Å². The van der Waals surface area contributed by atoms with Crippen LogP contribution in [0.3, 0.4) is 0 Å². The third-order valence-electron chi connectivity index (χ3n) is 4.39. The molecule has 0 aromatic carbocycles. The molecule has 1 saturated heterocycles. The molecule has 2 aliphatic rings. The number of alkyl halides is 3. The summed E-state index contributed by atoms with van der Waals surface area (Å²) in [6.07, 6.45) is -5.63. The number of pyridine rings is 1.